The second-order valence-electron chi connectivity index (χ2n) is 4.48. The van der Waals surface area contributed by atoms with E-state index in [0.717, 1.165) is 17.8 Å². The molecule has 0 aliphatic rings. The highest BCUT2D eigenvalue weighted by Crippen LogP contribution is 2.15. The maximum Gasteiger partial charge on any atom is 0.208 e. The maximum absolute atomic E-state index is 10.9. The third-order valence-electron chi connectivity index (χ3n) is 2.55. The fourth-order valence-corrected chi connectivity index (χ4v) is 2.05. The number of sulfonamides is 1. The van der Waals surface area contributed by atoms with Crippen LogP contribution in [0.25, 0.3) is 0 Å². The highest BCUT2D eigenvalue weighted by atomic mass is 127. The van der Waals surface area contributed by atoms with Gasteiger partial charge in [-0.15, -0.1) is 24.0 Å². The molecular formula is C12H23IN4O3S. The fourth-order valence-electron chi connectivity index (χ4n) is 1.57. The van der Waals surface area contributed by atoms with Gasteiger partial charge in [0, 0.05) is 20.1 Å². The van der Waals surface area contributed by atoms with Crippen LogP contribution in [0.2, 0.25) is 0 Å². The van der Waals surface area contributed by atoms with Crippen molar-refractivity contribution < 1.29 is 12.8 Å². The molecular weight excluding hydrogens is 407 g/mol. The first kappa shape index (κ1) is 20.2. The summed E-state index contributed by atoms with van der Waals surface area (Å²) < 4.78 is 29.7. The summed E-state index contributed by atoms with van der Waals surface area (Å²) in [6.45, 7) is 4.59. The van der Waals surface area contributed by atoms with E-state index in [1.807, 2.05) is 26.0 Å². The van der Waals surface area contributed by atoms with Crippen LogP contribution in [0, 0.1) is 6.92 Å². The van der Waals surface area contributed by atoms with E-state index in [0.29, 0.717) is 19.0 Å². The molecule has 1 aromatic heterocycles. The summed E-state index contributed by atoms with van der Waals surface area (Å²) in [6, 6.07) is 3.78. The third-order valence-corrected chi connectivity index (χ3v) is 3.27. The first-order valence-electron chi connectivity index (χ1n) is 6.30. The highest BCUT2D eigenvalue weighted by molar-refractivity contribution is 14.0. The van der Waals surface area contributed by atoms with Crippen molar-refractivity contribution in [3.63, 3.8) is 0 Å². The standard InChI is InChI=1S/C12H22N4O3S.HI/c1-9-5-6-11(19-9)10(2)16-12(13-3)14-7-8-15-20(4,17)18;/h5-6,10,15H,7-8H2,1-4H3,(H2,13,14,16);1H. The Labute approximate surface area is 143 Å². The van der Waals surface area contributed by atoms with Crippen molar-refractivity contribution in [1.82, 2.24) is 15.4 Å². The Morgan fingerprint density at radius 3 is 2.52 bits per heavy atom. The van der Waals surface area contributed by atoms with Crippen LogP contribution in [-0.2, 0) is 10.0 Å². The van der Waals surface area contributed by atoms with E-state index in [4.69, 9.17) is 4.42 Å². The maximum atomic E-state index is 10.9. The van der Waals surface area contributed by atoms with Crippen LogP contribution in [0.4, 0.5) is 0 Å². The second kappa shape index (κ2) is 9.26. The zero-order valence-corrected chi connectivity index (χ0v) is 15.8. The number of guanidine groups is 1. The lowest BCUT2D eigenvalue weighted by Crippen LogP contribution is -2.42. The molecule has 3 N–H and O–H groups in total. The topological polar surface area (TPSA) is 95.7 Å². The van der Waals surface area contributed by atoms with E-state index >= 15 is 0 Å². The van der Waals surface area contributed by atoms with E-state index in [2.05, 4.69) is 20.3 Å². The number of rotatable bonds is 6. The molecule has 0 aromatic carbocycles. The van der Waals surface area contributed by atoms with Gasteiger partial charge in [-0.05, 0) is 26.0 Å². The lowest BCUT2D eigenvalue weighted by atomic mass is 10.2. The predicted octanol–water partition coefficient (Wildman–Crippen LogP) is 0.981. The lowest BCUT2D eigenvalue weighted by Gasteiger charge is -2.16. The van der Waals surface area contributed by atoms with Gasteiger partial charge in [-0.1, -0.05) is 0 Å². The largest absolute Gasteiger partial charge is 0.464 e. The minimum Gasteiger partial charge on any atom is -0.464 e. The summed E-state index contributed by atoms with van der Waals surface area (Å²) in [5.74, 6) is 2.26. The van der Waals surface area contributed by atoms with Crippen molar-refractivity contribution in [3.05, 3.63) is 23.7 Å². The zero-order chi connectivity index (χ0) is 15.2. The van der Waals surface area contributed by atoms with Crippen molar-refractivity contribution in [2.24, 2.45) is 4.99 Å². The molecule has 0 bridgehead atoms. The number of hydrogen-bond acceptors (Lipinski definition) is 4. The molecule has 21 heavy (non-hydrogen) atoms. The molecule has 1 rings (SSSR count). The van der Waals surface area contributed by atoms with Gasteiger partial charge < -0.3 is 15.1 Å². The molecule has 0 amide bonds. The molecule has 0 radical (unpaired) electrons. The molecule has 1 aromatic rings. The van der Waals surface area contributed by atoms with Gasteiger partial charge in [0.2, 0.25) is 10.0 Å². The molecule has 9 heteroatoms. The van der Waals surface area contributed by atoms with E-state index in [1.54, 1.807) is 7.05 Å². The summed E-state index contributed by atoms with van der Waals surface area (Å²) in [5, 5.41) is 6.18. The Hall–Kier alpha value is -0.810. The lowest BCUT2D eigenvalue weighted by molar-refractivity contribution is 0.441. The van der Waals surface area contributed by atoms with Gasteiger partial charge >= 0.3 is 0 Å². The predicted molar refractivity (Wildman–Crippen MR) is 94.6 cm³/mol. The second-order valence-corrected chi connectivity index (χ2v) is 6.31. The minimum atomic E-state index is -3.16. The van der Waals surface area contributed by atoms with E-state index in [-0.39, 0.29) is 30.0 Å². The summed E-state index contributed by atoms with van der Waals surface area (Å²) >= 11 is 0. The number of aliphatic imine (C=N–C) groups is 1. The molecule has 0 spiro atoms. The van der Waals surface area contributed by atoms with E-state index in [9.17, 15) is 8.42 Å². The van der Waals surface area contributed by atoms with Gasteiger partial charge in [-0.3, -0.25) is 4.99 Å². The van der Waals surface area contributed by atoms with Crippen molar-refractivity contribution in [2.75, 3.05) is 26.4 Å². The Morgan fingerprint density at radius 2 is 2.05 bits per heavy atom. The molecule has 1 atom stereocenters. The molecule has 0 aliphatic heterocycles. The molecule has 0 saturated heterocycles. The smallest absolute Gasteiger partial charge is 0.208 e. The number of hydrogen-bond donors (Lipinski definition) is 3. The average Bonchev–Trinajstić information content (AvgIpc) is 2.78. The van der Waals surface area contributed by atoms with Gasteiger partial charge in [0.15, 0.2) is 5.96 Å². The van der Waals surface area contributed by atoms with Crippen molar-refractivity contribution in [3.8, 4) is 0 Å². The SMILES string of the molecule is CN=C(NCCNS(C)(=O)=O)NC(C)c1ccc(C)o1.I. The summed E-state index contributed by atoms with van der Waals surface area (Å²) in [4.78, 5) is 4.07. The van der Waals surface area contributed by atoms with E-state index < -0.39 is 10.0 Å². The average molecular weight is 430 g/mol. The molecule has 1 unspecified atom stereocenters. The molecule has 0 saturated carbocycles. The first-order valence-corrected chi connectivity index (χ1v) is 8.19. The van der Waals surface area contributed by atoms with Crippen LogP contribution in [0.15, 0.2) is 21.5 Å². The summed E-state index contributed by atoms with van der Waals surface area (Å²) in [6.07, 6.45) is 1.13. The van der Waals surface area contributed by atoms with Crippen LogP contribution in [0.3, 0.4) is 0 Å². The zero-order valence-electron chi connectivity index (χ0n) is 12.6. The van der Waals surface area contributed by atoms with Gasteiger partial charge in [0.1, 0.15) is 11.5 Å². The third kappa shape index (κ3) is 8.27. The molecule has 1 heterocycles. The monoisotopic (exact) mass is 430 g/mol. The molecule has 7 nitrogen and oxygen atoms in total. The number of furan rings is 1. The molecule has 0 fully saturated rings. The van der Waals surface area contributed by atoms with Gasteiger partial charge in [0.25, 0.3) is 0 Å². The minimum absolute atomic E-state index is 0. The van der Waals surface area contributed by atoms with Crippen molar-refractivity contribution in [2.45, 2.75) is 19.9 Å². The van der Waals surface area contributed by atoms with Crippen LogP contribution >= 0.6 is 24.0 Å². The van der Waals surface area contributed by atoms with Crippen molar-refractivity contribution >= 4 is 40.0 Å². The van der Waals surface area contributed by atoms with Crippen molar-refractivity contribution in [1.29, 1.82) is 0 Å². The van der Waals surface area contributed by atoms with Crippen LogP contribution in [-0.4, -0.2) is 40.8 Å². The van der Waals surface area contributed by atoms with Crippen LogP contribution in [0.5, 0.6) is 0 Å². The Kier molecular flexibility index (Phi) is 8.90. The fraction of sp³-hybridized carbons (Fsp3) is 0.583. The molecule has 0 aliphatic carbocycles. The normalized spacial score (nSPS) is 13.4. The number of nitrogens with zero attached hydrogens (tertiary/aromatic N) is 1. The Morgan fingerprint density at radius 1 is 1.38 bits per heavy atom. The van der Waals surface area contributed by atoms with Gasteiger partial charge in [-0.25, -0.2) is 13.1 Å². The van der Waals surface area contributed by atoms with Gasteiger partial charge in [0.05, 0.1) is 12.3 Å². The highest BCUT2D eigenvalue weighted by Gasteiger charge is 2.11. The summed E-state index contributed by atoms with van der Waals surface area (Å²) in [5.41, 5.74) is 0. The van der Waals surface area contributed by atoms with Gasteiger partial charge in [-0.2, -0.15) is 0 Å². The number of halogens is 1. The Balaban J connectivity index is 0.00000400. The quantitative estimate of drug-likeness (QED) is 0.271. The first-order chi connectivity index (χ1) is 9.31. The molecule has 122 valence electrons. The van der Waals surface area contributed by atoms with Crippen LogP contribution in [0.1, 0.15) is 24.5 Å². The number of nitrogens with one attached hydrogen (secondary N) is 3. The number of aryl methyl sites for hydroxylation is 1. The van der Waals surface area contributed by atoms with E-state index in [1.165, 1.54) is 0 Å². The summed E-state index contributed by atoms with van der Waals surface area (Å²) in [7, 11) is -1.51. The Bertz CT molecular complexity index is 557. The van der Waals surface area contributed by atoms with Crippen LogP contribution < -0.4 is 15.4 Å².